The number of carbonyl (C=O) groups is 1. The molecule has 1 unspecified atom stereocenters. The molecule has 0 amide bonds. The number of methoxy groups -OCH3 is 1. The summed E-state index contributed by atoms with van der Waals surface area (Å²) in [6, 6.07) is 7.45. The maximum absolute atomic E-state index is 11.4. The van der Waals surface area contributed by atoms with Crippen LogP contribution < -0.4 is 10.6 Å². The first-order valence-electron chi connectivity index (χ1n) is 9.44. The Labute approximate surface area is 157 Å². The van der Waals surface area contributed by atoms with Crippen molar-refractivity contribution < 1.29 is 14.6 Å². The number of esters is 1. The lowest BCUT2D eigenvalue weighted by Gasteiger charge is -2.15. The minimum absolute atomic E-state index is 0.214. The van der Waals surface area contributed by atoms with Crippen LogP contribution in [0.2, 0.25) is 0 Å². The predicted octanol–water partition coefficient (Wildman–Crippen LogP) is 2.37. The molecule has 0 aromatic heterocycles. The van der Waals surface area contributed by atoms with Gasteiger partial charge in [0, 0.05) is 26.2 Å². The second-order valence-corrected chi connectivity index (χ2v) is 6.25. The fourth-order valence-electron chi connectivity index (χ4n) is 2.73. The summed E-state index contributed by atoms with van der Waals surface area (Å²) < 4.78 is 4.71. The molecule has 0 fully saturated rings. The lowest BCUT2D eigenvalue weighted by Crippen LogP contribution is -2.38. The zero-order valence-corrected chi connectivity index (χ0v) is 16.3. The minimum atomic E-state index is -0.319. The summed E-state index contributed by atoms with van der Waals surface area (Å²) in [4.78, 5) is 16.1. The zero-order valence-electron chi connectivity index (χ0n) is 16.3. The average molecular weight is 364 g/mol. The number of nitrogens with zero attached hydrogens (tertiary/aromatic N) is 1. The van der Waals surface area contributed by atoms with Crippen LogP contribution in [0, 0.1) is 5.92 Å². The molecule has 3 N–H and O–H groups in total. The van der Waals surface area contributed by atoms with Gasteiger partial charge in [-0.25, -0.2) is 4.79 Å². The van der Waals surface area contributed by atoms with E-state index in [9.17, 15) is 4.79 Å². The van der Waals surface area contributed by atoms with Gasteiger partial charge in [-0.05, 0) is 49.8 Å². The minimum Gasteiger partial charge on any atom is -0.465 e. The lowest BCUT2D eigenvalue weighted by atomic mass is 10.0. The molecule has 1 aromatic rings. The molecule has 0 aliphatic heterocycles. The number of benzene rings is 1. The maximum atomic E-state index is 11.4. The third kappa shape index (κ3) is 8.34. The number of hydrogen-bond acceptors (Lipinski definition) is 4. The molecule has 1 rings (SSSR count). The number of ether oxygens (including phenoxy) is 1. The summed E-state index contributed by atoms with van der Waals surface area (Å²) in [5.41, 5.74) is 1.70. The van der Waals surface area contributed by atoms with Crippen LogP contribution in [0.5, 0.6) is 0 Å². The standard InChI is InChI=1S/C20H33N3O3/c1-4-6-17(12-14-24)15-23-20(21-5-2)22-13-11-16-7-9-18(10-8-16)19(25)26-3/h7-10,17,24H,4-6,11-15H2,1-3H3,(H2,21,22,23). The zero-order chi connectivity index (χ0) is 19.2. The van der Waals surface area contributed by atoms with Crippen LogP contribution in [0.4, 0.5) is 0 Å². The van der Waals surface area contributed by atoms with E-state index in [1.807, 2.05) is 19.1 Å². The van der Waals surface area contributed by atoms with Gasteiger partial charge in [-0.15, -0.1) is 0 Å². The largest absolute Gasteiger partial charge is 0.465 e. The van der Waals surface area contributed by atoms with Crippen LogP contribution in [0.25, 0.3) is 0 Å². The topological polar surface area (TPSA) is 83.0 Å². The molecular formula is C20H33N3O3. The van der Waals surface area contributed by atoms with Gasteiger partial charge in [-0.2, -0.15) is 0 Å². The normalized spacial score (nSPS) is 12.5. The summed E-state index contributed by atoms with van der Waals surface area (Å²) in [7, 11) is 1.38. The van der Waals surface area contributed by atoms with Gasteiger partial charge in [-0.1, -0.05) is 25.5 Å². The van der Waals surface area contributed by atoms with Crippen molar-refractivity contribution in [1.29, 1.82) is 0 Å². The molecule has 0 spiro atoms. The van der Waals surface area contributed by atoms with Gasteiger partial charge in [0.05, 0.1) is 12.7 Å². The number of nitrogens with one attached hydrogen (secondary N) is 2. The van der Waals surface area contributed by atoms with Gasteiger partial charge < -0.3 is 20.5 Å². The van der Waals surface area contributed by atoms with Gasteiger partial charge in [0.2, 0.25) is 0 Å². The Morgan fingerprint density at radius 1 is 1.19 bits per heavy atom. The molecule has 1 aromatic carbocycles. The number of hydrogen-bond donors (Lipinski definition) is 3. The number of rotatable bonds is 11. The first kappa shape index (κ1) is 22.0. The Bertz CT molecular complexity index is 538. The van der Waals surface area contributed by atoms with E-state index in [0.29, 0.717) is 11.5 Å². The van der Waals surface area contributed by atoms with Crippen molar-refractivity contribution in [3.63, 3.8) is 0 Å². The highest BCUT2D eigenvalue weighted by Crippen LogP contribution is 2.11. The summed E-state index contributed by atoms with van der Waals surface area (Å²) >= 11 is 0. The van der Waals surface area contributed by atoms with E-state index in [2.05, 4.69) is 22.5 Å². The maximum Gasteiger partial charge on any atom is 0.337 e. The first-order chi connectivity index (χ1) is 12.6. The van der Waals surface area contributed by atoms with Gasteiger partial charge in [0.15, 0.2) is 5.96 Å². The Morgan fingerprint density at radius 2 is 1.92 bits per heavy atom. The highest BCUT2D eigenvalue weighted by Gasteiger charge is 2.08. The second kappa shape index (κ2) is 13.2. The van der Waals surface area contributed by atoms with E-state index in [4.69, 9.17) is 9.84 Å². The Balaban J connectivity index is 2.51. The SMILES string of the molecule is CCCC(CCO)CN=C(NCC)NCCc1ccc(C(=O)OC)cc1. The number of guanidine groups is 1. The van der Waals surface area contributed by atoms with Crippen LogP contribution in [0.3, 0.4) is 0 Å². The third-order valence-electron chi connectivity index (χ3n) is 4.17. The number of carbonyl (C=O) groups excluding carboxylic acids is 1. The average Bonchev–Trinajstić information content (AvgIpc) is 2.66. The molecular weight excluding hydrogens is 330 g/mol. The number of aliphatic hydroxyl groups is 1. The van der Waals surface area contributed by atoms with Crippen LogP contribution in [-0.4, -0.2) is 50.4 Å². The molecule has 146 valence electrons. The van der Waals surface area contributed by atoms with Gasteiger partial charge in [-0.3, -0.25) is 4.99 Å². The number of aliphatic imine (C=N–C) groups is 1. The molecule has 0 aliphatic rings. The Kier molecular flexibility index (Phi) is 11.1. The Hall–Kier alpha value is -2.08. The smallest absolute Gasteiger partial charge is 0.337 e. The van der Waals surface area contributed by atoms with Crippen molar-refractivity contribution in [3.05, 3.63) is 35.4 Å². The van der Waals surface area contributed by atoms with E-state index in [0.717, 1.165) is 56.8 Å². The van der Waals surface area contributed by atoms with Crippen molar-refractivity contribution in [2.45, 2.75) is 39.5 Å². The molecule has 26 heavy (non-hydrogen) atoms. The van der Waals surface area contributed by atoms with E-state index < -0.39 is 0 Å². The summed E-state index contributed by atoms with van der Waals surface area (Å²) in [5.74, 6) is 0.907. The first-order valence-corrected chi connectivity index (χ1v) is 9.44. The van der Waals surface area contributed by atoms with Crippen molar-refractivity contribution in [1.82, 2.24) is 10.6 Å². The second-order valence-electron chi connectivity index (χ2n) is 6.25. The van der Waals surface area contributed by atoms with E-state index >= 15 is 0 Å². The van der Waals surface area contributed by atoms with E-state index in [1.54, 1.807) is 12.1 Å². The highest BCUT2D eigenvalue weighted by molar-refractivity contribution is 5.89. The molecule has 1 atom stereocenters. The Morgan fingerprint density at radius 3 is 2.50 bits per heavy atom. The van der Waals surface area contributed by atoms with Crippen molar-refractivity contribution in [2.24, 2.45) is 10.9 Å². The fourth-order valence-corrected chi connectivity index (χ4v) is 2.73. The highest BCUT2D eigenvalue weighted by atomic mass is 16.5. The molecule has 0 radical (unpaired) electrons. The van der Waals surface area contributed by atoms with Crippen LogP contribution in [0.15, 0.2) is 29.3 Å². The van der Waals surface area contributed by atoms with E-state index in [1.165, 1.54) is 7.11 Å². The summed E-state index contributed by atoms with van der Waals surface area (Å²) in [6.45, 7) is 6.69. The van der Waals surface area contributed by atoms with Crippen LogP contribution in [-0.2, 0) is 11.2 Å². The van der Waals surface area contributed by atoms with Gasteiger partial charge in [0.25, 0.3) is 0 Å². The van der Waals surface area contributed by atoms with Gasteiger partial charge >= 0.3 is 5.97 Å². The van der Waals surface area contributed by atoms with Crippen molar-refractivity contribution >= 4 is 11.9 Å². The number of aliphatic hydroxyl groups excluding tert-OH is 1. The van der Waals surface area contributed by atoms with E-state index in [-0.39, 0.29) is 12.6 Å². The van der Waals surface area contributed by atoms with Crippen LogP contribution in [0.1, 0.15) is 49.0 Å². The molecule has 0 bridgehead atoms. The van der Waals surface area contributed by atoms with Crippen molar-refractivity contribution in [3.8, 4) is 0 Å². The molecule has 0 saturated heterocycles. The lowest BCUT2D eigenvalue weighted by molar-refractivity contribution is 0.0600. The predicted molar refractivity (Wildman–Crippen MR) is 106 cm³/mol. The quantitative estimate of drug-likeness (QED) is 0.319. The monoisotopic (exact) mass is 363 g/mol. The molecule has 0 saturated carbocycles. The van der Waals surface area contributed by atoms with Crippen LogP contribution >= 0.6 is 0 Å². The fraction of sp³-hybridized carbons (Fsp3) is 0.600. The molecule has 6 nitrogen and oxygen atoms in total. The van der Waals surface area contributed by atoms with Crippen molar-refractivity contribution in [2.75, 3.05) is 33.4 Å². The third-order valence-corrected chi connectivity index (χ3v) is 4.17. The molecule has 0 aliphatic carbocycles. The summed E-state index contributed by atoms with van der Waals surface area (Å²) in [5, 5.41) is 15.8. The molecule has 6 heteroatoms. The van der Waals surface area contributed by atoms with Gasteiger partial charge in [0.1, 0.15) is 0 Å². The molecule has 0 heterocycles. The summed E-state index contributed by atoms with van der Waals surface area (Å²) in [6.07, 6.45) is 3.81.